The maximum Gasteiger partial charge on any atom is 0.371 e. The van der Waals surface area contributed by atoms with Crippen LogP contribution in [-0.2, 0) is 0 Å². The van der Waals surface area contributed by atoms with E-state index in [-0.39, 0.29) is 16.8 Å². The number of carbonyl (C=O) groups excluding carboxylic acids is 1. The van der Waals surface area contributed by atoms with E-state index in [1.165, 1.54) is 13.2 Å². The minimum absolute atomic E-state index is 0.138. The van der Waals surface area contributed by atoms with E-state index < -0.39 is 5.97 Å². The molecule has 0 bridgehead atoms. The summed E-state index contributed by atoms with van der Waals surface area (Å²) in [6.07, 6.45) is 0. The molecule has 0 atom stereocenters. The lowest BCUT2D eigenvalue weighted by Gasteiger charge is -2.13. The van der Waals surface area contributed by atoms with Crippen LogP contribution in [0, 0.1) is 0 Å². The first kappa shape index (κ1) is 22.0. The number of methoxy groups -OCH3 is 1. The maximum atomic E-state index is 12.4. The number of nitrogens with one attached hydrogen (secondary N) is 2. The Labute approximate surface area is 185 Å². The SMILES string of the molecule is COc1cc(NC(=S)NC(=O)c2ccc(C(C)C)cc2)ccc1-c1ccc(C(=O)O)o1. The highest BCUT2D eigenvalue weighted by Gasteiger charge is 2.15. The standard InChI is InChI=1S/C23H22N2O5S/c1-13(2)14-4-6-15(7-5-14)21(26)25-23(31)24-16-8-9-17(20(12-16)29-3)18-10-11-19(30-18)22(27)28/h4-13H,1-3H3,(H,27,28)(H2,24,25,26,31). The van der Waals surface area contributed by atoms with Crippen LogP contribution in [0.3, 0.4) is 0 Å². The highest BCUT2D eigenvalue weighted by atomic mass is 32.1. The number of carbonyl (C=O) groups is 2. The fourth-order valence-electron chi connectivity index (χ4n) is 2.93. The van der Waals surface area contributed by atoms with Gasteiger partial charge in [0.1, 0.15) is 11.5 Å². The van der Waals surface area contributed by atoms with Crippen molar-refractivity contribution in [3.8, 4) is 17.1 Å². The second-order valence-corrected chi connectivity index (χ2v) is 7.48. The van der Waals surface area contributed by atoms with E-state index in [0.29, 0.717) is 34.2 Å². The number of thiocarbonyl (C=S) groups is 1. The number of hydrogen-bond acceptors (Lipinski definition) is 5. The molecule has 0 radical (unpaired) electrons. The van der Waals surface area contributed by atoms with Crippen molar-refractivity contribution in [3.05, 3.63) is 71.5 Å². The second kappa shape index (κ2) is 9.44. The lowest BCUT2D eigenvalue weighted by atomic mass is 10.0. The molecule has 3 aromatic rings. The average molecular weight is 439 g/mol. The van der Waals surface area contributed by atoms with Crippen LogP contribution >= 0.6 is 12.2 Å². The quantitative estimate of drug-likeness (QED) is 0.470. The average Bonchev–Trinajstić information content (AvgIpc) is 3.24. The van der Waals surface area contributed by atoms with Gasteiger partial charge in [0.2, 0.25) is 5.76 Å². The van der Waals surface area contributed by atoms with Gasteiger partial charge in [-0.3, -0.25) is 10.1 Å². The van der Waals surface area contributed by atoms with Crippen LogP contribution in [-0.4, -0.2) is 29.2 Å². The van der Waals surface area contributed by atoms with Crippen LogP contribution in [0.1, 0.15) is 46.2 Å². The predicted octanol–water partition coefficient (Wildman–Crippen LogP) is 4.90. The Balaban J connectivity index is 1.69. The summed E-state index contributed by atoms with van der Waals surface area (Å²) >= 11 is 5.25. The Morgan fingerprint density at radius 3 is 2.35 bits per heavy atom. The summed E-state index contributed by atoms with van der Waals surface area (Å²) in [5.41, 5.74) is 2.83. The summed E-state index contributed by atoms with van der Waals surface area (Å²) in [7, 11) is 1.49. The van der Waals surface area contributed by atoms with Crippen molar-refractivity contribution in [2.24, 2.45) is 0 Å². The van der Waals surface area contributed by atoms with Gasteiger partial charge in [-0.25, -0.2) is 4.79 Å². The van der Waals surface area contributed by atoms with E-state index in [4.69, 9.17) is 26.5 Å². The van der Waals surface area contributed by atoms with Crippen LogP contribution < -0.4 is 15.4 Å². The number of hydrogen-bond donors (Lipinski definition) is 3. The third-order valence-electron chi connectivity index (χ3n) is 4.61. The van der Waals surface area contributed by atoms with Crippen molar-refractivity contribution < 1.29 is 23.8 Å². The summed E-state index contributed by atoms with van der Waals surface area (Å²) in [5, 5.41) is 14.8. The Morgan fingerprint density at radius 1 is 1.06 bits per heavy atom. The van der Waals surface area contributed by atoms with Crippen molar-refractivity contribution in [1.29, 1.82) is 0 Å². The number of anilines is 1. The minimum Gasteiger partial charge on any atom is -0.496 e. The molecule has 160 valence electrons. The van der Waals surface area contributed by atoms with E-state index in [1.807, 2.05) is 12.1 Å². The molecule has 0 spiro atoms. The Hall–Kier alpha value is -3.65. The number of carboxylic acid groups (broad SMARTS) is 1. The summed E-state index contributed by atoms with van der Waals surface area (Å²) < 4.78 is 10.7. The molecular weight excluding hydrogens is 416 g/mol. The molecular formula is C23H22N2O5S. The van der Waals surface area contributed by atoms with Gasteiger partial charge in [-0.1, -0.05) is 26.0 Å². The molecule has 3 rings (SSSR count). The molecule has 0 aliphatic rings. The van der Waals surface area contributed by atoms with Crippen LogP contribution in [0.5, 0.6) is 5.75 Å². The van der Waals surface area contributed by atoms with E-state index >= 15 is 0 Å². The highest BCUT2D eigenvalue weighted by Crippen LogP contribution is 2.33. The molecule has 8 heteroatoms. The van der Waals surface area contributed by atoms with Gasteiger partial charge in [0.05, 0.1) is 12.7 Å². The van der Waals surface area contributed by atoms with Crippen LogP contribution in [0.25, 0.3) is 11.3 Å². The molecule has 1 heterocycles. The van der Waals surface area contributed by atoms with Crippen molar-refractivity contribution in [1.82, 2.24) is 5.32 Å². The normalized spacial score (nSPS) is 10.6. The highest BCUT2D eigenvalue weighted by molar-refractivity contribution is 7.80. The van der Waals surface area contributed by atoms with Gasteiger partial charge in [0, 0.05) is 17.3 Å². The monoisotopic (exact) mass is 438 g/mol. The van der Waals surface area contributed by atoms with E-state index in [9.17, 15) is 9.59 Å². The smallest absolute Gasteiger partial charge is 0.371 e. The van der Waals surface area contributed by atoms with Crippen LogP contribution in [0.15, 0.2) is 59.0 Å². The molecule has 0 fully saturated rings. The molecule has 0 saturated carbocycles. The molecule has 3 N–H and O–H groups in total. The number of aromatic carboxylic acids is 1. The van der Waals surface area contributed by atoms with Crippen molar-refractivity contribution in [2.75, 3.05) is 12.4 Å². The van der Waals surface area contributed by atoms with Crippen molar-refractivity contribution in [3.63, 3.8) is 0 Å². The molecule has 0 saturated heterocycles. The molecule has 1 aromatic heterocycles. The molecule has 31 heavy (non-hydrogen) atoms. The number of rotatable bonds is 6. The number of amides is 1. The van der Waals surface area contributed by atoms with Gasteiger partial charge in [-0.2, -0.15) is 0 Å². The topological polar surface area (TPSA) is 101 Å². The molecule has 0 aliphatic heterocycles. The Morgan fingerprint density at radius 2 is 1.77 bits per heavy atom. The van der Waals surface area contributed by atoms with Gasteiger partial charge < -0.3 is 19.6 Å². The summed E-state index contributed by atoms with van der Waals surface area (Å²) in [6, 6.07) is 15.4. The molecule has 7 nitrogen and oxygen atoms in total. The van der Waals surface area contributed by atoms with Crippen molar-refractivity contribution in [2.45, 2.75) is 19.8 Å². The zero-order valence-corrected chi connectivity index (χ0v) is 18.1. The molecule has 1 amide bonds. The predicted molar refractivity (Wildman–Crippen MR) is 122 cm³/mol. The minimum atomic E-state index is -1.15. The molecule has 0 aliphatic carbocycles. The zero-order valence-electron chi connectivity index (χ0n) is 17.3. The summed E-state index contributed by atoms with van der Waals surface area (Å²) in [4.78, 5) is 23.5. The maximum absolute atomic E-state index is 12.4. The molecule has 0 unspecified atom stereocenters. The van der Waals surface area contributed by atoms with Gasteiger partial charge in [0.15, 0.2) is 5.11 Å². The first-order valence-electron chi connectivity index (χ1n) is 9.52. The lowest BCUT2D eigenvalue weighted by Crippen LogP contribution is -2.34. The molecule has 2 aromatic carbocycles. The fourth-order valence-corrected chi connectivity index (χ4v) is 3.14. The summed E-state index contributed by atoms with van der Waals surface area (Å²) in [6.45, 7) is 4.18. The Kier molecular flexibility index (Phi) is 6.71. The largest absolute Gasteiger partial charge is 0.496 e. The van der Waals surface area contributed by atoms with Gasteiger partial charge in [-0.05, 0) is 60.1 Å². The second-order valence-electron chi connectivity index (χ2n) is 7.07. The summed E-state index contributed by atoms with van der Waals surface area (Å²) in [5.74, 6) is -0.424. The third kappa shape index (κ3) is 5.29. The van der Waals surface area contributed by atoms with Crippen molar-refractivity contribution >= 4 is 34.9 Å². The third-order valence-corrected chi connectivity index (χ3v) is 4.81. The first-order chi connectivity index (χ1) is 14.8. The van der Waals surface area contributed by atoms with Crippen LogP contribution in [0.2, 0.25) is 0 Å². The number of furan rings is 1. The van der Waals surface area contributed by atoms with E-state index in [0.717, 1.165) is 5.56 Å². The van der Waals surface area contributed by atoms with E-state index in [2.05, 4.69) is 24.5 Å². The number of benzene rings is 2. The van der Waals surface area contributed by atoms with Gasteiger partial charge in [-0.15, -0.1) is 0 Å². The number of ether oxygens (including phenoxy) is 1. The zero-order chi connectivity index (χ0) is 22.5. The fraction of sp³-hybridized carbons (Fsp3) is 0.174. The van der Waals surface area contributed by atoms with Crippen LogP contribution in [0.4, 0.5) is 5.69 Å². The van der Waals surface area contributed by atoms with Gasteiger partial charge >= 0.3 is 5.97 Å². The first-order valence-corrected chi connectivity index (χ1v) is 9.93. The Bertz CT molecular complexity index is 1120. The van der Waals surface area contributed by atoms with Gasteiger partial charge in [0.25, 0.3) is 5.91 Å². The van der Waals surface area contributed by atoms with E-state index in [1.54, 1.807) is 36.4 Å². The lowest BCUT2D eigenvalue weighted by molar-refractivity contribution is 0.0663. The number of carboxylic acids is 1.